The fourth-order valence-electron chi connectivity index (χ4n) is 1.99. The van der Waals surface area contributed by atoms with Crippen LogP contribution in [0.5, 0.6) is 0 Å². The van der Waals surface area contributed by atoms with Crippen molar-refractivity contribution in [2.75, 3.05) is 0 Å². The van der Waals surface area contributed by atoms with Gasteiger partial charge in [-0.15, -0.1) is 0 Å². The maximum absolute atomic E-state index is 6.00. The Labute approximate surface area is 90.6 Å². The lowest BCUT2D eigenvalue weighted by Gasteiger charge is -2.17. The average molecular weight is 207 g/mol. The van der Waals surface area contributed by atoms with Gasteiger partial charge in [0.25, 0.3) is 0 Å². The summed E-state index contributed by atoms with van der Waals surface area (Å²) in [6.07, 6.45) is 8.44. The predicted molar refractivity (Wildman–Crippen MR) is 61.9 cm³/mol. The minimum atomic E-state index is 0.611. The van der Waals surface area contributed by atoms with Crippen LogP contribution in [0.15, 0.2) is 30.4 Å². The molecule has 1 aromatic carbocycles. The summed E-state index contributed by atoms with van der Waals surface area (Å²) in [6, 6.07) is 6.37. The molecular formula is C13H15Cl. The summed E-state index contributed by atoms with van der Waals surface area (Å²) in [5.74, 6) is 0.611. The third-order valence-corrected chi connectivity index (χ3v) is 3.29. The van der Waals surface area contributed by atoms with Gasteiger partial charge in [-0.3, -0.25) is 0 Å². The van der Waals surface area contributed by atoms with Crippen LogP contribution in [-0.2, 0) is 0 Å². The van der Waals surface area contributed by atoms with Gasteiger partial charge in [0, 0.05) is 10.9 Å². The SMILES string of the molecule is Cc1cc(C2C=CCCC2)ccc1Cl. The van der Waals surface area contributed by atoms with Gasteiger partial charge >= 0.3 is 0 Å². The van der Waals surface area contributed by atoms with Gasteiger partial charge in [0.15, 0.2) is 0 Å². The molecule has 1 aliphatic carbocycles. The Balaban J connectivity index is 2.27. The Morgan fingerprint density at radius 1 is 1.36 bits per heavy atom. The van der Waals surface area contributed by atoms with Crippen LogP contribution in [0.4, 0.5) is 0 Å². The Morgan fingerprint density at radius 2 is 2.21 bits per heavy atom. The van der Waals surface area contributed by atoms with Crippen molar-refractivity contribution in [3.05, 3.63) is 46.5 Å². The zero-order valence-electron chi connectivity index (χ0n) is 8.46. The molecule has 0 N–H and O–H groups in total. The van der Waals surface area contributed by atoms with Crippen LogP contribution in [0, 0.1) is 6.92 Å². The first-order chi connectivity index (χ1) is 6.77. The highest BCUT2D eigenvalue weighted by molar-refractivity contribution is 6.31. The lowest BCUT2D eigenvalue weighted by atomic mass is 9.89. The number of rotatable bonds is 1. The highest BCUT2D eigenvalue weighted by Gasteiger charge is 2.11. The van der Waals surface area contributed by atoms with Crippen molar-refractivity contribution in [1.29, 1.82) is 0 Å². The molecule has 0 amide bonds. The quantitative estimate of drug-likeness (QED) is 0.595. The number of hydrogen-bond donors (Lipinski definition) is 0. The highest BCUT2D eigenvalue weighted by Crippen LogP contribution is 2.29. The van der Waals surface area contributed by atoms with Gasteiger partial charge in [0.1, 0.15) is 0 Å². The van der Waals surface area contributed by atoms with E-state index in [1.807, 2.05) is 6.07 Å². The highest BCUT2D eigenvalue weighted by atomic mass is 35.5. The van der Waals surface area contributed by atoms with Crippen molar-refractivity contribution < 1.29 is 0 Å². The zero-order chi connectivity index (χ0) is 9.97. The van der Waals surface area contributed by atoms with E-state index >= 15 is 0 Å². The zero-order valence-corrected chi connectivity index (χ0v) is 9.22. The van der Waals surface area contributed by atoms with E-state index in [1.54, 1.807) is 0 Å². The van der Waals surface area contributed by atoms with Gasteiger partial charge in [-0.25, -0.2) is 0 Å². The average Bonchev–Trinajstić information content (AvgIpc) is 2.23. The first-order valence-electron chi connectivity index (χ1n) is 5.20. The Hall–Kier alpha value is -0.750. The van der Waals surface area contributed by atoms with E-state index in [4.69, 9.17) is 11.6 Å². The van der Waals surface area contributed by atoms with E-state index in [9.17, 15) is 0 Å². The summed E-state index contributed by atoms with van der Waals surface area (Å²) in [6.45, 7) is 2.07. The fourth-order valence-corrected chi connectivity index (χ4v) is 2.11. The molecule has 1 atom stereocenters. The summed E-state index contributed by atoms with van der Waals surface area (Å²) in [4.78, 5) is 0. The van der Waals surface area contributed by atoms with Crippen LogP contribution >= 0.6 is 11.6 Å². The van der Waals surface area contributed by atoms with E-state index < -0.39 is 0 Å². The molecule has 0 spiro atoms. The molecule has 0 fully saturated rings. The van der Waals surface area contributed by atoms with Crippen LogP contribution in [-0.4, -0.2) is 0 Å². The number of halogens is 1. The molecule has 1 aromatic rings. The molecule has 0 radical (unpaired) electrons. The largest absolute Gasteiger partial charge is 0.0879 e. The molecule has 1 heteroatoms. The summed E-state index contributed by atoms with van der Waals surface area (Å²) < 4.78 is 0. The first kappa shape index (κ1) is 9.79. The van der Waals surface area contributed by atoms with E-state index in [0.717, 1.165) is 5.02 Å². The maximum Gasteiger partial charge on any atom is 0.0435 e. The molecule has 1 unspecified atom stereocenters. The number of aryl methyl sites for hydroxylation is 1. The Bertz CT molecular complexity index is 352. The van der Waals surface area contributed by atoms with Gasteiger partial charge in [-0.1, -0.05) is 35.9 Å². The third kappa shape index (κ3) is 2.01. The second-order valence-electron chi connectivity index (χ2n) is 3.97. The summed E-state index contributed by atoms with van der Waals surface area (Å²) in [7, 11) is 0. The lowest BCUT2D eigenvalue weighted by Crippen LogP contribution is -1.99. The summed E-state index contributed by atoms with van der Waals surface area (Å²) >= 11 is 6.00. The molecule has 0 nitrogen and oxygen atoms in total. The van der Waals surface area contributed by atoms with Crippen molar-refractivity contribution >= 4 is 11.6 Å². The number of hydrogen-bond acceptors (Lipinski definition) is 0. The van der Waals surface area contributed by atoms with Crippen LogP contribution in [0.25, 0.3) is 0 Å². The van der Waals surface area contributed by atoms with Crippen LogP contribution < -0.4 is 0 Å². The van der Waals surface area contributed by atoms with Crippen molar-refractivity contribution in [1.82, 2.24) is 0 Å². The van der Waals surface area contributed by atoms with Crippen molar-refractivity contribution in [2.45, 2.75) is 32.1 Å². The lowest BCUT2D eigenvalue weighted by molar-refractivity contribution is 0.654. The molecule has 14 heavy (non-hydrogen) atoms. The summed E-state index contributed by atoms with van der Waals surface area (Å²) in [5, 5.41) is 0.869. The Morgan fingerprint density at radius 3 is 2.86 bits per heavy atom. The molecule has 1 aliphatic rings. The van der Waals surface area contributed by atoms with Gasteiger partial charge in [0.2, 0.25) is 0 Å². The number of benzene rings is 1. The molecule has 0 heterocycles. The molecule has 0 bridgehead atoms. The molecule has 74 valence electrons. The molecule has 2 rings (SSSR count). The fraction of sp³-hybridized carbons (Fsp3) is 0.385. The van der Waals surface area contributed by atoms with Crippen LogP contribution in [0.2, 0.25) is 5.02 Å². The Kier molecular flexibility index (Phi) is 2.93. The van der Waals surface area contributed by atoms with E-state index in [2.05, 4.69) is 31.2 Å². The molecule has 0 saturated carbocycles. The van der Waals surface area contributed by atoms with E-state index in [-0.39, 0.29) is 0 Å². The van der Waals surface area contributed by atoms with Crippen molar-refractivity contribution in [3.63, 3.8) is 0 Å². The summed E-state index contributed by atoms with van der Waals surface area (Å²) in [5.41, 5.74) is 2.59. The van der Waals surface area contributed by atoms with Gasteiger partial charge in [-0.05, 0) is 43.4 Å². The van der Waals surface area contributed by atoms with E-state index in [0.29, 0.717) is 5.92 Å². The second-order valence-corrected chi connectivity index (χ2v) is 4.38. The first-order valence-corrected chi connectivity index (χ1v) is 5.58. The van der Waals surface area contributed by atoms with Crippen LogP contribution in [0.1, 0.15) is 36.3 Å². The second kappa shape index (κ2) is 4.18. The molecule has 0 aliphatic heterocycles. The minimum Gasteiger partial charge on any atom is -0.0879 e. The number of allylic oxidation sites excluding steroid dienone is 2. The predicted octanol–water partition coefficient (Wildman–Crippen LogP) is 4.47. The van der Waals surface area contributed by atoms with E-state index in [1.165, 1.54) is 30.4 Å². The molecular weight excluding hydrogens is 192 g/mol. The van der Waals surface area contributed by atoms with Gasteiger partial charge in [0.05, 0.1) is 0 Å². The monoisotopic (exact) mass is 206 g/mol. The smallest absolute Gasteiger partial charge is 0.0435 e. The van der Waals surface area contributed by atoms with Gasteiger partial charge in [-0.2, -0.15) is 0 Å². The maximum atomic E-state index is 6.00. The third-order valence-electron chi connectivity index (χ3n) is 2.86. The molecule has 0 aromatic heterocycles. The minimum absolute atomic E-state index is 0.611. The standard InChI is InChI=1S/C13H15Cl/c1-10-9-12(7-8-13(10)14)11-5-3-2-4-6-11/h3,5,7-9,11H,2,4,6H2,1H3. The topological polar surface area (TPSA) is 0 Å². The van der Waals surface area contributed by atoms with Gasteiger partial charge < -0.3 is 0 Å². The van der Waals surface area contributed by atoms with Crippen LogP contribution in [0.3, 0.4) is 0 Å². The molecule has 0 saturated heterocycles. The van der Waals surface area contributed by atoms with Crippen molar-refractivity contribution in [2.24, 2.45) is 0 Å². The normalized spacial score (nSPS) is 21.1. The van der Waals surface area contributed by atoms with Crippen molar-refractivity contribution in [3.8, 4) is 0 Å².